The van der Waals surface area contributed by atoms with Gasteiger partial charge in [-0.1, -0.05) is 52.4 Å². The van der Waals surface area contributed by atoms with E-state index in [2.05, 4.69) is 15.5 Å². The summed E-state index contributed by atoms with van der Waals surface area (Å²) in [5.41, 5.74) is 6.41. The molecule has 5 nitrogen and oxygen atoms in total. The van der Waals surface area contributed by atoms with Crippen molar-refractivity contribution >= 4 is 57.3 Å². The van der Waals surface area contributed by atoms with Crippen LogP contribution in [-0.2, 0) is 11.2 Å². The number of benzene rings is 1. The van der Waals surface area contributed by atoms with Crippen LogP contribution in [0.4, 0.5) is 5.13 Å². The number of nitrogens with one attached hydrogen (secondary N) is 1. The molecule has 0 bridgehead atoms. The molecule has 21 heavy (non-hydrogen) atoms. The first-order chi connectivity index (χ1) is 10.0. The molecule has 0 atom stereocenters. The molecule has 1 aromatic heterocycles. The maximum Gasteiger partial charge on any atom is 0.230 e. The SMILES string of the molecule is Nc1nnc(SCC(=O)NCCc2ccc(Cl)cc2Cl)s1. The molecular weight excluding hydrogens is 351 g/mol. The molecule has 0 unspecified atom stereocenters. The molecule has 0 aliphatic carbocycles. The minimum atomic E-state index is -0.0705. The quantitative estimate of drug-likeness (QED) is 0.772. The van der Waals surface area contributed by atoms with E-state index in [-0.39, 0.29) is 11.7 Å². The number of carbonyl (C=O) groups excluding carboxylic acids is 1. The zero-order valence-electron chi connectivity index (χ0n) is 10.8. The van der Waals surface area contributed by atoms with Gasteiger partial charge in [0.1, 0.15) is 0 Å². The van der Waals surface area contributed by atoms with Crippen molar-refractivity contribution < 1.29 is 4.79 Å². The van der Waals surface area contributed by atoms with Crippen molar-refractivity contribution in [2.45, 2.75) is 10.8 Å². The summed E-state index contributed by atoms with van der Waals surface area (Å²) in [5, 5.41) is 11.9. The maximum atomic E-state index is 11.7. The Kier molecular flexibility index (Phi) is 6.10. The van der Waals surface area contributed by atoms with E-state index in [4.69, 9.17) is 28.9 Å². The molecule has 0 fully saturated rings. The Bertz CT molecular complexity index is 635. The van der Waals surface area contributed by atoms with Crippen LogP contribution in [-0.4, -0.2) is 28.4 Å². The molecule has 112 valence electrons. The molecule has 0 radical (unpaired) electrons. The van der Waals surface area contributed by atoms with E-state index in [1.54, 1.807) is 12.1 Å². The summed E-state index contributed by atoms with van der Waals surface area (Å²) in [4.78, 5) is 11.7. The fraction of sp³-hybridized carbons (Fsp3) is 0.250. The van der Waals surface area contributed by atoms with Gasteiger partial charge in [0.05, 0.1) is 5.75 Å². The lowest BCUT2D eigenvalue weighted by Gasteiger charge is -2.06. The number of thioether (sulfide) groups is 1. The molecule has 1 heterocycles. The first kappa shape index (κ1) is 16.4. The van der Waals surface area contributed by atoms with E-state index in [1.807, 2.05) is 6.07 Å². The fourth-order valence-corrected chi connectivity index (χ4v) is 3.49. The molecule has 3 N–H and O–H groups in total. The first-order valence-corrected chi connectivity index (χ1v) is 8.53. The van der Waals surface area contributed by atoms with E-state index in [0.717, 1.165) is 5.56 Å². The Morgan fingerprint density at radius 3 is 2.86 bits per heavy atom. The standard InChI is InChI=1S/C12H12Cl2N4OS2/c13-8-2-1-7(9(14)5-8)3-4-16-10(19)6-20-12-18-17-11(15)21-12/h1-2,5H,3-4,6H2,(H2,15,17)(H,16,19). The number of rotatable bonds is 6. The predicted molar refractivity (Wildman–Crippen MR) is 88.2 cm³/mol. The van der Waals surface area contributed by atoms with Crippen LogP contribution in [0, 0.1) is 0 Å². The third-order valence-electron chi connectivity index (χ3n) is 2.48. The van der Waals surface area contributed by atoms with Gasteiger partial charge in [0.15, 0.2) is 4.34 Å². The second-order valence-corrected chi connectivity index (χ2v) is 7.11. The van der Waals surface area contributed by atoms with Crippen molar-refractivity contribution in [2.75, 3.05) is 18.0 Å². The Hall–Kier alpha value is -1.02. The zero-order chi connectivity index (χ0) is 15.2. The van der Waals surface area contributed by atoms with E-state index in [1.165, 1.54) is 23.1 Å². The molecule has 9 heteroatoms. The largest absolute Gasteiger partial charge is 0.374 e. The highest BCUT2D eigenvalue weighted by Gasteiger charge is 2.07. The van der Waals surface area contributed by atoms with Crippen LogP contribution in [0.15, 0.2) is 22.5 Å². The van der Waals surface area contributed by atoms with E-state index in [0.29, 0.717) is 32.5 Å². The van der Waals surface area contributed by atoms with Gasteiger partial charge in [-0.25, -0.2) is 0 Å². The second kappa shape index (κ2) is 7.84. The number of amides is 1. The topological polar surface area (TPSA) is 80.9 Å². The average molecular weight is 363 g/mol. The number of nitrogen functional groups attached to an aromatic ring is 1. The predicted octanol–water partition coefficient (Wildman–Crippen LogP) is 2.88. The van der Waals surface area contributed by atoms with Crippen LogP contribution >= 0.6 is 46.3 Å². The van der Waals surface area contributed by atoms with Gasteiger partial charge in [-0.3, -0.25) is 4.79 Å². The molecule has 0 saturated heterocycles. The highest BCUT2D eigenvalue weighted by molar-refractivity contribution is 8.01. The highest BCUT2D eigenvalue weighted by atomic mass is 35.5. The third-order valence-corrected chi connectivity index (χ3v) is 4.95. The summed E-state index contributed by atoms with van der Waals surface area (Å²) in [5.74, 6) is 0.210. The Labute approximate surface area is 140 Å². The van der Waals surface area contributed by atoms with Crippen LogP contribution in [0.1, 0.15) is 5.56 Å². The van der Waals surface area contributed by atoms with Crippen LogP contribution < -0.4 is 11.1 Å². The van der Waals surface area contributed by atoms with Crippen molar-refractivity contribution in [3.05, 3.63) is 33.8 Å². The Morgan fingerprint density at radius 1 is 1.38 bits per heavy atom. The van der Waals surface area contributed by atoms with Crippen molar-refractivity contribution in [2.24, 2.45) is 0 Å². The van der Waals surface area contributed by atoms with Gasteiger partial charge in [0, 0.05) is 16.6 Å². The number of carbonyl (C=O) groups is 1. The van der Waals surface area contributed by atoms with Crippen molar-refractivity contribution in [1.82, 2.24) is 15.5 Å². The number of anilines is 1. The number of nitrogens with two attached hydrogens (primary N) is 1. The maximum absolute atomic E-state index is 11.7. The molecule has 1 amide bonds. The molecule has 2 aromatic rings. The normalized spacial score (nSPS) is 10.6. The van der Waals surface area contributed by atoms with Crippen LogP contribution in [0.2, 0.25) is 10.0 Å². The average Bonchev–Trinajstić information content (AvgIpc) is 2.85. The number of halogens is 2. The molecule has 0 spiro atoms. The molecule has 0 saturated carbocycles. The summed E-state index contributed by atoms with van der Waals surface area (Å²) in [6.07, 6.45) is 0.651. The lowest BCUT2D eigenvalue weighted by atomic mass is 10.1. The molecular formula is C12H12Cl2N4OS2. The molecule has 0 aliphatic rings. The third kappa shape index (κ3) is 5.35. The smallest absolute Gasteiger partial charge is 0.230 e. The summed E-state index contributed by atoms with van der Waals surface area (Å²) < 4.78 is 0.684. The second-order valence-electron chi connectivity index (χ2n) is 4.03. The summed E-state index contributed by atoms with van der Waals surface area (Å²) in [6, 6.07) is 5.33. The summed E-state index contributed by atoms with van der Waals surface area (Å²) in [7, 11) is 0. The van der Waals surface area contributed by atoms with Gasteiger partial charge >= 0.3 is 0 Å². The van der Waals surface area contributed by atoms with Gasteiger partial charge < -0.3 is 11.1 Å². The van der Waals surface area contributed by atoms with E-state index in [9.17, 15) is 4.79 Å². The van der Waals surface area contributed by atoms with Crippen molar-refractivity contribution in [3.63, 3.8) is 0 Å². The lowest BCUT2D eigenvalue weighted by Crippen LogP contribution is -2.27. The first-order valence-electron chi connectivity index (χ1n) is 5.97. The molecule has 1 aromatic carbocycles. The van der Waals surface area contributed by atoms with Crippen molar-refractivity contribution in [1.29, 1.82) is 0 Å². The van der Waals surface area contributed by atoms with Gasteiger partial charge in [-0.15, -0.1) is 10.2 Å². The lowest BCUT2D eigenvalue weighted by molar-refractivity contribution is -0.118. The van der Waals surface area contributed by atoms with Gasteiger partial charge in [0.2, 0.25) is 11.0 Å². The number of hydrogen-bond acceptors (Lipinski definition) is 6. The van der Waals surface area contributed by atoms with Crippen LogP contribution in [0.5, 0.6) is 0 Å². The van der Waals surface area contributed by atoms with E-state index >= 15 is 0 Å². The van der Waals surface area contributed by atoms with Crippen LogP contribution in [0.3, 0.4) is 0 Å². The highest BCUT2D eigenvalue weighted by Crippen LogP contribution is 2.23. The number of hydrogen-bond donors (Lipinski definition) is 2. The Balaban J connectivity index is 1.71. The zero-order valence-corrected chi connectivity index (χ0v) is 14.0. The number of nitrogens with zero attached hydrogens (tertiary/aromatic N) is 2. The summed E-state index contributed by atoms with van der Waals surface area (Å²) >= 11 is 14.5. The van der Waals surface area contributed by atoms with Gasteiger partial charge in [-0.05, 0) is 24.1 Å². The minimum Gasteiger partial charge on any atom is -0.374 e. The fourth-order valence-electron chi connectivity index (χ4n) is 1.52. The van der Waals surface area contributed by atoms with Gasteiger partial charge in [0.25, 0.3) is 0 Å². The number of aromatic nitrogens is 2. The molecule has 0 aliphatic heterocycles. The monoisotopic (exact) mass is 362 g/mol. The molecule has 2 rings (SSSR count). The minimum absolute atomic E-state index is 0.0705. The van der Waals surface area contributed by atoms with Crippen LogP contribution in [0.25, 0.3) is 0 Å². The summed E-state index contributed by atoms with van der Waals surface area (Å²) in [6.45, 7) is 0.513. The van der Waals surface area contributed by atoms with Crippen molar-refractivity contribution in [3.8, 4) is 0 Å². The Morgan fingerprint density at radius 2 is 2.19 bits per heavy atom. The van der Waals surface area contributed by atoms with Gasteiger partial charge in [-0.2, -0.15) is 0 Å². The van der Waals surface area contributed by atoms with E-state index < -0.39 is 0 Å².